The molecule has 0 saturated heterocycles. The maximum Gasteiger partial charge on any atom is 0.126 e. The molecule has 78 valence electrons. The van der Waals surface area contributed by atoms with Gasteiger partial charge in [0.2, 0.25) is 0 Å². The van der Waals surface area contributed by atoms with Gasteiger partial charge in [0, 0.05) is 12.0 Å². The molecule has 0 unspecified atom stereocenters. The van der Waals surface area contributed by atoms with Crippen molar-refractivity contribution in [1.82, 2.24) is 0 Å². The van der Waals surface area contributed by atoms with Gasteiger partial charge in [0.05, 0.1) is 7.11 Å². The van der Waals surface area contributed by atoms with Crippen LogP contribution in [0.2, 0.25) is 0 Å². The summed E-state index contributed by atoms with van der Waals surface area (Å²) in [6, 6.07) is 0. The Morgan fingerprint density at radius 1 is 1.36 bits per heavy atom. The van der Waals surface area contributed by atoms with E-state index in [0.717, 1.165) is 17.8 Å². The van der Waals surface area contributed by atoms with Crippen molar-refractivity contribution in [1.29, 1.82) is 0 Å². The number of hydrogen-bond donors (Lipinski definition) is 0. The van der Waals surface area contributed by atoms with E-state index in [1.807, 2.05) is 13.8 Å². The standard InChI is InChI=1S/C12H17FO/c1-5-11-9(3)8(2)6-10(13)7-12(11)14-4/h6-7,11H,5H2,1-4H3/t11-/m0/s1. The van der Waals surface area contributed by atoms with E-state index < -0.39 is 0 Å². The summed E-state index contributed by atoms with van der Waals surface area (Å²) in [6.07, 6.45) is 3.97. The van der Waals surface area contributed by atoms with Crippen molar-refractivity contribution >= 4 is 0 Å². The highest BCUT2D eigenvalue weighted by molar-refractivity contribution is 5.37. The quantitative estimate of drug-likeness (QED) is 0.653. The molecule has 0 radical (unpaired) electrons. The number of halogens is 1. The Hall–Kier alpha value is -1.05. The molecule has 0 N–H and O–H groups in total. The second-order valence-corrected chi connectivity index (χ2v) is 3.61. The summed E-state index contributed by atoms with van der Waals surface area (Å²) in [5.41, 5.74) is 2.19. The number of ether oxygens (including phenoxy) is 1. The molecule has 1 nitrogen and oxygen atoms in total. The van der Waals surface area contributed by atoms with Crippen molar-refractivity contribution in [2.24, 2.45) is 5.92 Å². The van der Waals surface area contributed by atoms with E-state index in [1.54, 1.807) is 13.2 Å². The minimum Gasteiger partial charge on any atom is -0.500 e. The summed E-state index contributed by atoms with van der Waals surface area (Å²) in [5.74, 6) is 0.703. The average Bonchev–Trinajstić information content (AvgIpc) is 2.25. The Kier molecular flexibility index (Phi) is 3.50. The summed E-state index contributed by atoms with van der Waals surface area (Å²) in [6.45, 7) is 6.05. The molecule has 0 aromatic rings. The van der Waals surface area contributed by atoms with Crippen molar-refractivity contribution in [2.45, 2.75) is 27.2 Å². The first-order valence-electron chi connectivity index (χ1n) is 4.90. The first kappa shape index (κ1) is 11.0. The normalized spacial score (nSPS) is 22.8. The minimum absolute atomic E-state index is 0.212. The van der Waals surface area contributed by atoms with Crippen molar-refractivity contribution in [3.63, 3.8) is 0 Å². The number of methoxy groups -OCH3 is 1. The van der Waals surface area contributed by atoms with Gasteiger partial charge in [-0.2, -0.15) is 0 Å². The Morgan fingerprint density at radius 2 is 2.00 bits per heavy atom. The van der Waals surface area contributed by atoms with E-state index in [1.165, 1.54) is 11.6 Å². The van der Waals surface area contributed by atoms with Crippen LogP contribution < -0.4 is 0 Å². The Morgan fingerprint density at radius 3 is 2.50 bits per heavy atom. The maximum absolute atomic E-state index is 13.3. The van der Waals surface area contributed by atoms with Crippen molar-refractivity contribution < 1.29 is 9.13 Å². The summed E-state index contributed by atoms with van der Waals surface area (Å²) in [4.78, 5) is 0. The highest BCUT2D eigenvalue weighted by Gasteiger charge is 2.19. The van der Waals surface area contributed by atoms with Crippen molar-refractivity contribution in [2.75, 3.05) is 7.11 Å². The predicted octanol–water partition coefficient (Wildman–Crippen LogP) is 3.75. The Balaban J connectivity index is 3.16. The van der Waals surface area contributed by atoms with Crippen molar-refractivity contribution in [3.8, 4) is 0 Å². The lowest BCUT2D eigenvalue weighted by atomic mass is 9.93. The van der Waals surface area contributed by atoms with Crippen LogP contribution in [0.15, 0.2) is 34.9 Å². The van der Waals surface area contributed by atoms with Crippen LogP contribution in [-0.4, -0.2) is 7.11 Å². The third-order valence-corrected chi connectivity index (χ3v) is 2.77. The molecule has 0 saturated carbocycles. The lowest BCUT2D eigenvalue weighted by molar-refractivity contribution is 0.249. The summed E-state index contributed by atoms with van der Waals surface area (Å²) < 4.78 is 18.5. The van der Waals surface area contributed by atoms with E-state index in [-0.39, 0.29) is 11.7 Å². The summed E-state index contributed by atoms with van der Waals surface area (Å²) >= 11 is 0. The molecule has 0 fully saturated rings. The maximum atomic E-state index is 13.3. The zero-order valence-corrected chi connectivity index (χ0v) is 9.23. The van der Waals surface area contributed by atoms with Gasteiger partial charge in [-0.05, 0) is 31.9 Å². The van der Waals surface area contributed by atoms with Gasteiger partial charge in [-0.3, -0.25) is 0 Å². The Bertz CT molecular complexity index is 310. The third kappa shape index (κ3) is 2.06. The van der Waals surface area contributed by atoms with Gasteiger partial charge in [-0.1, -0.05) is 12.5 Å². The smallest absolute Gasteiger partial charge is 0.126 e. The molecular weight excluding hydrogens is 179 g/mol. The lowest BCUT2D eigenvalue weighted by Gasteiger charge is -2.18. The van der Waals surface area contributed by atoms with Crippen LogP contribution in [0.25, 0.3) is 0 Å². The van der Waals surface area contributed by atoms with Crippen LogP contribution >= 0.6 is 0 Å². The summed E-state index contributed by atoms with van der Waals surface area (Å²) in [7, 11) is 1.59. The van der Waals surface area contributed by atoms with E-state index in [0.29, 0.717) is 0 Å². The van der Waals surface area contributed by atoms with Crippen LogP contribution in [0.3, 0.4) is 0 Å². The molecule has 0 aromatic carbocycles. The third-order valence-electron chi connectivity index (χ3n) is 2.77. The van der Waals surface area contributed by atoms with Crippen LogP contribution in [-0.2, 0) is 4.74 Å². The lowest BCUT2D eigenvalue weighted by Crippen LogP contribution is -2.06. The van der Waals surface area contributed by atoms with E-state index in [4.69, 9.17) is 4.74 Å². The fraction of sp³-hybridized carbons (Fsp3) is 0.500. The molecule has 0 aliphatic heterocycles. The molecule has 14 heavy (non-hydrogen) atoms. The van der Waals surface area contributed by atoms with Crippen LogP contribution in [0.5, 0.6) is 0 Å². The molecule has 0 spiro atoms. The molecule has 0 amide bonds. The second kappa shape index (κ2) is 4.45. The van der Waals surface area contributed by atoms with Crippen molar-refractivity contribution in [3.05, 3.63) is 34.9 Å². The number of allylic oxidation sites excluding steroid dienone is 5. The largest absolute Gasteiger partial charge is 0.500 e. The topological polar surface area (TPSA) is 9.23 Å². The highest BCUT2D eigenvalue weighted by Crippen LogP contribution is 2.31. The molecule has 1 rings (SSSR count). The van der Waals surface area contributed by atoms with E-state index in [2.05, 4.69) is 6.92 Å². The van der Waals surface area contributed by atoms with E-state index >= 15 is 0 Å². The molecule has 2 heteroatoms. The summed E-state index contributed by atoms with van der Waals surface area (Å²) in [5, 5.41) is 0. The molecule has 0 heterocycles. The monoisotopic (exact) mass is 196 g/mol. The second-order valence-electron chi connectivity index (χ2n) is 3.61. The number of hydrogen-bond acceptors (Lipinski definition) is 1. The number of rotatable bonds is 2. The van der Waals surface area contributed by atoms with Gasteiger partial charge in [0.25, 0.3) is 0 Å². The first-order chi connectivity index (χ1) is 6.60. The van der Waals surface area contributed by atoms with Gasteiger partial charge in [0.1, 0.15) is 11.6 Å². The minimum atomic E-state index is -0.227. The zero-order valence-electron chi connectivity index (χ0n) is 9.23. The van der Waals surface area contributed by atoms with Crippen LogP contribution in [0.1, 0.15) is 27.2 Å². The van der Waals surface area contributed by atoms with Gasteiger partial charge in [-0.25, -0.2) is 4.39 Å². The highest BCUT2D eigenvalue weighted by atomic mass is 19.1. The van der Waals surface area contributed by atoms with Crippen LogP contribution in [0.4, 0.5) is 4.39 Å². The molecule has 1 atom stereocenters. The fourth-order valence-corrected chi connectivity index (χ4v) is 1.80. The van der Waals surface area contributed by atoms with Gasteiger partial charge < -0.3 is 4.74 Å². The Labute approximate surface area is 85.0 Å². The first-order valence-corrected chi connectivity index (χ1v) is 4.90. The van der Waals surface area contributed by atoms with Gasteiger partial charge in [0.15, 0.2) is 0 Å². The molecular formula is C12H17FO. The SMILES string of the molecule is CC[C@@H]1C(OC)=CC(F)=CC(C)=C1C. The van der Waals surface area contributed by atoms with Gasteiger partial charge >= 0.3 is 0 Å². The molecule has 1 aliphatic carbocycles. The molecule has 1 aliphatic rings. The zero-order chi connectivity index (χ0) is 10.7. The predicted molar refractivity (Wildman–Crippen MR) is 56.4 cm³/mol. The molecule has 0 aromatic heterocycles. The molecule has 0 bridgehead atoms. The fourth-order valence-electron chi connectivity index (χ4n) is 1.80. The van der Waals surface area contributed by atoms with E-state index in [9.17, 15) is 4.39 Å². The van der Waals surface area contributed by atoms with Gasteiger partial charge in [-0.15, -0.1) is 0 Å². The average molecular weight is 196 g/mol. The van der Waals surface area contributed by atoms with Crippen LogP contribution in [0, 0.1) is 5.92 Å².